The Morgan fingerprint density at radius 2 is 1.65 bits per heavy atom. The molecule has 1 saturated carbocycles. The third-order valence-corrected chi connectivity index (χ3v) is 6.48. The number of rotatable bonds is 8. The average Bonchev–Trinajstić information content (AvgIpc) is 2.79. The van der Waals surface area contributed by atoms with Gasteiger partial charge in [-0.2, -0.15) is 0 Å². The van der Waals surface area contributed by atoms with Gasteiger partial charge < -0.3 is 0 Å². The molecule has 0 spiro atoms. The molecule has 31 heavy (non-hydrogen) atoms. The summed E-state index contributed by atoms with van der Waals surface area (Å²) in [5.74, 6) is -2.36. The van der Waals surface area contributed by atoms with E-state index in [9.17, 15) is 8.78 Å². The van der Waals surface area contributed by atoms with Crippen molar-refractivity contribution in [2.45, 2.75) is 65.2 Å². The first-order valence-electron chi connectivity index (χ1n) is 11.5. The first-order chi connectivity index (χ1) is 15.0. The zero-order valence-electron chi connectivity index (χ0n) is 18.6. The molecule has 3 rings (SSSR count). The van der Waals surface area contributed by atoms with Crippen molar-refractivity contribution in [3.63, 3.8) is 0 Å². The highest BCUT2D eigenvalue weighted by Gasteiger charge is 2.27. The molecule has 0 heterocycles. The first-order valence-corrected chi connectivity index (χ1v) is 11.5. The van der Waals surface area contributed by atoms with Gasteiger partial charge in [0.2, 0.25) is 0 Å². The molecule has 0 saturated heterocycles. The molecule has 0 N–H and O–H groups in total. The smallest absolute Gasteiger partial charge is 0.165 e. The Morgan fingerprint density at radius 1 is 0.935 bits per heavy atom. The molecule has 0 aromatic heterocycles. The topological polar surface area (TPSA) is 0 Å². The number of halogens is 3. The van der Waals surface area contributed by atoms with E-state index in [1.165, 1.54) is 6.07 Å². The van der Waals surface area contributed by atoms with Crippen LogP contribution in [0.5, 0.6) is 0 Å². The van der Waals surface area contributed by atoms with Gasteiger partial charge in [0, 0.05) is 16.9 Å². The van der Waals surface area contributed by atoms with Crippen LogP contribution < -0.4 is 0 Å². The van der Waals surface area contributed by atoms with Gasteiger partial charge in [-0.1, -0.05) is 48.6 Å². The van der Waals surface area contributed by atoms with Crippen LogP contribution in [-0.4, -0.2) is 0 Å². The molecule has 1 aliphatic carbocycles. The summed E-state index contributed by atoms with van der Waals surface area (Å²) in [7, 11) is 0. The summed E-state index contributed by atoms with van der Waals surface area (Å²) in [6, 6.07) is 8.55. The molecule has 166 valence electrons. The van der Waals surface area contributed by atoms with Crippen LogP contribution >= 0.6 is 0 Å². The second-order valence-corrected chi connectivity index (χ2v) is 8.62. The second kappa shape index (κ2) is 11.4. The van der Waals surface area contributed by atoms with Crippen molar-refractivity contribution in [2.24, 2.45) is 11.8 Å². The van der Waals surface area contributed by atoms with E-state index in [1.807, 2.05) is 38.1 Å². The van der Waals surface area contributed by atoms with E-state index >= 15 is 4.39 Å². The molecule has 2 aromatic rings. The molecule has 0 unspecified atom stereocenters. The summed E-state index contributed by atoms with van der Waals surface area (Å²) >= 11 is 0. The van der Waals surface area contributed by atoms with Crippen molar-refractivity contribution >= 4 is 16.6 Å². The minimum absolute atomic E-state index is 0.262. The van der Waals surface area contributed by atoms with E-state index < -0.39 is 23.4 Å². The number of hydrogen-bond acceptors (Lipinski definition) is 0. The molecule has 2 aromatic carbocycles. The van der Waals surface area contributed by atoms with E-state index in [2.05, 4.69) is 12.2 Å². The molecule has 0 nitrogen and oxygen atoms in total. The average molecular weight is 427 g/mol. The number of fused-ring (bicyclic) bond motifs is 1. The molecule has 3 heteroatoms. The first kappa shape index (κ1) is 23.4. The van der Waals surface area contributed by atoms with Crippen molar-refractivity contribution in [3.05, 3.63) is 77.4 Å². The zero-order chi connectivity index (χ0) is 22.2. The Balaban J connectivity index is 1.74. The highest BCUT2D eigenvalue weighted by molar-refractivity contribution is 5.87. The fourth-order valence-electron chi connectivity index (χ4n) is 4.59. The maximum Gasteiger partial charge on any atom is 0.165 e. The Morgan fingerprint density at radius 3 is 2.35 bits per heavy atom. The van der Waals surface area contributed by atoms with Crippen molar-refractivity contribution in [1.29, 1.82) is 0 Å². The van der Waals surface area contributed by atoms with Gasteiger partial charge in [0.05, 0.1) is 0 Å². The van der Waals surface area contributed by atoms with Crippen LogP contribution in [0.25, 0.3) is 16.6 Å². The fraction of sp³-hybridized carbons (Fsp3) is 0.429. The van der Waals surface area contributed by atoms with Gasteiger partial charge in [-0.15, -0.1) is 0 Å². The van der Waals surface area contributed by atoms with Crippen LogP contribution in [0.4, 0.5) is 13.2 Å². The summed E-state index contributed by atoms with van der Waals surface area (Å²) in [6.07, 6.45) is 15.3. The van der Waals surface area contributed by atoms with Crippen LogP contribution in [0, 0.1) is 17.7 Å². The van der Waals surface area contributed by atoms with Gasteiger partial charge in [0.15, 0.2) is 5.83 Å². The fourth-order valence-corrected chi connectivity index (χ4v) is 4.59. The minimum atomic E-state index is -1.03. The molecular formula is C28H33F3. The Bertz CT molecular complexity index is 960. The molecule has 1 aliphatic rings. The summed E-state index contributed by atoms with van der Waals surface area (Å²) in [5.41, 5.74) is 0.841. The van der Waals surface area contributed by atoms with Crippen molar-refractivity contribution < 1.29 is 13.2 Å². The van der Waals surface area contributed by atoms with Crippen LogP contribution in [0.15, 0.2) is 60.5 Å². The SMILES string of the molecule is C/C=C/CCc1ccc2c(F)c(C(F)=C(F)C3CCC(CC/C=C/C)CC3)ccc2c1. The van der Waals surface area contributed by atoms with E-state index in [1.54, 1.807) is 12.1 Å². The van der Waals surface area contributed by atoms with Crippen molar-refractivity contribution in [3.8, 4) is 0 Å². The summed E-state index contributed by atoms with van der Waals surface area (Å²) in [6.45, 7) is 3.99. The number of benzene rings is 2. The number of hydrogen-bond donors (Lipinski definition) is 0. The summed E-state index contributed by atoms with van der Waals surface area (Å²) in [5, 5.41) is 1.05. The predicted octanol–water partition coefficient (Wildman–Crippen LogP) is 9.26. The molecule has 0 bridgehead atoms. The lowest BCUT2D eigenvalue weighted by Crippen LogP contribution is -2.15. The van der Waals surface area contributed by atoms with E-state index in [0.717, 1.165) is 44.1 Å². The highest BCUT2D eigenvalue weighted by Crippen LogP contribution is 2.40. The molecular weight excluding hydrogens is 393 g/mol. The Kier molecular flexibility index (Phi) is 8.57. The van der Waals surface area contributed by atoms with Gasteiger partial charge in [-0.3, -0.25) is 0 Å². The van der Waals surface area contributed by atoms with Gasteiger partial charge in [-0.25, -0.2) is 13.2 Å². The molecule has 0 atom stereocenters. The number of allylic oxidation sites excluding steroid dienone is 5. The maximum absolute atomic E-state index is 15.1. The number of aryl methyl sites for hydroxylation is 1. The van der Waals surface area contributed by atoms with E-state index in [-0.39, 0.29) is 5.56 Å². The van der Waals surface area contributed by atoms with Gasteiger partial charge in [0.1, 0.15) is 11.6 Å². The van der Waals surface area contributed by atoms with E-state index in [0.29, 0.717) is 29.5 Å². The highest BCUT2D eigenvalue weighted by atomic mass is 19.2. The van der Waals surface area contributed by atoms with Crippen LogP contribution in [0.1, 0.15) is 69.9 Å². The monoisotopic (exact) mass is 426 g/mol. The van der Waals surface area contributed by atoms with Gasteiger partial charge in [-0.05, 0) is 88.1 Å². The summed E-state index contributed by atoms with van der Waals surface area (Å²) < 4.78 is 45.0. The molecule has 0 radical (unpaired) electrons. The zero-order valence-corrected chi connectivity index (χ0v) is 18.6. The quantitative estimate of drug-likeness (QED) is 0.369. The van der Waals surface area contributed by atoms with Crippen LogP contribution in [-0.2, 0) is 6.42 Å². The van der Waals surface area contributed by atoms with Crippen molar-refractivity contribution in [1.82, 2.24) is 0 Å². The Labute approximate surface area is 184 Å². The lowest BCUT2D eigenvalue weighted by atomic mass is 9.79. The summed E-state index contributed by atoms with van der Waals surface area (Å²) in [4.78, 5) is 0. The molecule has 0 amide bonds. The van der Waals surface area contributed by atoms with Crippen LogP contribution in [0.3, 0.4) is 0 Å². The third-order valence-electron chi connectivity index (χ3n) is 6.48. The van der Waals surface area contributed by atoms with Gasteiger partial charge in [0.25, 0.3) is 0 Å². The van der Waals surface area contributed by atoms with E-state index in [4.69, 9.17) is 0 Å². The van der Waals surface area contributed by atoms with Crippen LogP contribution in [0.2, 0.25) is 0 Å². The standard InChI is InChI=1S/C28H33F3/c1-3-5-7-9-20-11-14-22(15-12-20)26(29)28(31)25-18-16-23-19-21(10-8-6-4-2)13-17-24(23)27(25)30/h3-6,13,16-20,22H,7-12,14-15H2,1-2H3/b5-3+,6-4+,28-26?. The van der Waals surface area contributed by atoms with Gasteiger partial charge >= 0.3 is 0 Å². The molecule has 0 aliphatic heterocycles. The largest absolute Gasteiger partial charge is 0.208 e. The second-order valence-electron chi connectivity index (χ2n) is 8.62. The predicted molar refractivity (Wildman–Crippen MR) is 126 cm³/mol. The normalized spacial score (nSPS) is 20.7. The minimum Gasteiger partial charge on any atom is -0.208 e. The third kappa shape index (κ3) is 5.90. The van der Waals surface area contributed by atoms with Crippen molar-refractivity contribution in [2.75, 3.05) is 0 Å². The lowest BCUT2D eigenvalue weighted by Gasteiger charge is -2.27. The Hall–Kier alpha value is -2.29. The maximum atomic E-state index is 15.1. The lowest BCUT2D eigenvalue weighted by molar-refractivity contribution is 0.263. The molecule has 1 fully saturated rings.